The number of ether oxygens (including phenoxy) is 1. The van der Waals surface area contributed by atoms with Crippen molar-refractivity contribution in [2.45, 2.75) is 47.0 Å². The fourth-order valence-corrected chi connectivity index (χ4v) is 2.77. The van der Waals surface area contributed by atoms with E-state index in [-0.39, 0.29) is 67.4 Å². The number of nitrogens with zero attached hydrogens (tertiary/aromatic N) is 2. The molecule has 1 heterocycles. The van der Waals surface area contributed by atoms with E-state index >= 15 is 0 Å². The van der Waals surface area contributed by atoms with Crippen LogP contribution in [0.1, 0.15) is 47.0 Å². The van der Waals surface area contributed by atoms with E-state index in [1.165, 1.54) is 9.80 Å². The van der Waals surface area contributed by atoms with Crippen molar-refractivity contribution in [3.63, 3.8) is 0 Å². The van der Waals surface area contributed by atoms with Crippen LogP contribution in [0.25, 0.3) is 0 Å². The van der Waals surface area contributed by atoms with Crippen LogP contribution in [0.5, 0.6) is 0 Å². The average Bonchev–Trinajstić information content (AvgIpc) is 2.82. The maximum absolute atomic E-state index is 12.2. The quantitative estimate of drug-likeness (QED) is 0.462. The van der Waals surface area contributed by atoms with E-state index in [9.17, 15) is 19.2 Å². The normalized spacial score (nSPS) is 17.6. The van der Waals surface area contributed by atoms with Crippen molar-refractivity contribution in [2.24, 2.45) is 17.8 Å². The van der Waals surface area contributed by atoms with Crippen molar-refractivity contribution in [2.75, 3.05) is 26.7 Å². The lowest BCUT2D eigenvalue weighted by Gasteiger charge is -2.19. The van der Waals surface area contributed by atoms with Gasteiger partial charge in [-0.05, 0) is 12.3 Å². The molecule has 1 atom stereocenters. The molecule has 1 aliphatic rings. The minimum absolute atomic E-state index is 0.00168. The van der Waals surface area contributed by atoms with E-state index in [0.717, 1.165) is 0 Å². The van der Waals surface area contributed by atoms with Gasteiger partial charge in [-0.15, -0.1) is 0 Å². The highest BCUT2D eigenvalue weighted by Crippen LogP contribution is 2.26. The summed E-state index contributed by atoms with van der Waals surface area (Å²) in [6, 6.07) is 0. The van der Waals surface area contributed by atoms with Crippen LogP contribution in [0, 0.1) is 17.8 Å². The van der Waals surface area contributed by atoms with Crippen LogP contribution < -0.4 is 0 Å². The first-order valence-corrected chi connectivity index (χ1v) is 8.90. The fraction of sp³-hybridized carbons (Fsp3) is 0.778. The lowest BCUT2D eigenvalue weighted by atomic mass is 9.94. The molecule has 0 aromatic carbocycles. The molecule has 1 fully saturated rings. The summed E-state index contributed by atoms with van der Waals surface area (Å²) in [5.74, 6) is -0.879. The number of amides is 3. The van der Waals surface area contributed by atoms with Crippen molar-refractivity contribution >= 4 is 23.7 Å². The third-order valence-corrected chi connectivity index (χ3v) is 4.41. The summed E-state index contributed by atoms with van der Waals surface area (Å²) in [7, 11) is 1.67. The smallest absolute Gasteiger partial charge is 0.305 e. The van der Waals surface area contributed by atoms with Crippen molar-refractivity contribution in [1.29, 1.82) is 0 Å². The number of likely N-dealkylation sites (tertiary alicyclic amines) is 1. The second-order valence-electron chi connectivity index (χ2n) is 7.18. The number of imide groups is 1. The third kappa shape index (κ3) is 6.14. The second-order valence-corrected chi connectivity index (χ2v) is 7.18. The lowest BCUT2D eigenvalue weighted by Crippen LogP contribution is -2.34. The summed E-state index contributed by atoms with van der Waals surface area (Å²) >= 11 is 0. The Hall–Kier alpha value is -1.92. The van der Waals surface area contributed by atoms with Crippen LogP contribution in [-0.2, 0) is 23.9 Å². The molecule has 1 rings (SSSR count). The predicted molar refractivity (Wildman–Crippen MR) is 92.3 cm³/mol. The Bertz CT molecular complexity index is 516. The molecule has 1 unspecified atom stereocenters. The summed E-state index contributed by atoms with van der Waals surface area (Å²) in [5, 5.41) is 0. The van der Waals surface area contributed by atoms with Gasteiger partial charge in [0.1, 0.15) is 6.61 Å². The first kappa shape index (κ1) is 21.1. The molecule has 0 aromatic rings. The standard InChI is InChI=1S/C18H30N2O5/c1-12(2)14-11-15(21)20(18(14)24)8-6-7-16(22)25-10-9-19(5)17(23)13(3)4/h12-14H,6-11H2,1-5H3. The van der Waals surface area contributed by atoms with Crippen molar-refractivity contribution < 1.29 is 23.9 Å². The zero-order valence-electron chi connectivity index (χ0n) is 15.9. The average molecular weight is 354 g/mol. The van der Waals surface area contributed by atoms with Gasteiger partial charge in [0.25, 0.3) is 0 Å². The largest absolute Gasteiger partial charge is 0.464 e. The minimum atomic E-state index is -0.384. The number of hydrogen-bond donors (Lipinski definition) is 0. The Labute approximate surface area is 149 Å². The van der Waals surface area contributed by atoms with E-state index in [2.05, 4.69) is 0 Å². The van der Waals surface area contributed by atoms with E-state index in [1.807, 2.05) is 27.7 Å². The van der Waals surface area contributed by atoms with Gasteiger partial charge in [-0.2, -0.15) is 0 Å². The van der Waals surface area contributed by atoms with E-state index < -0.39 is 0 Å². The molecule has 1 aliphatic heterocycles. The molecule has 0 N–H and O–H groups in total. The number of hydrogen-bond acceptors (Lipinski definition) is 5. The molecular weight excluding hydrogens is 324 g/mol. The Balaban J connectivity index is 2.26. The Morgan fingerprint density at radius 2 is 1.88 bits per heavy atom. The number of likely N-dealkylation sites (N-methyl/N-ethyl adjacent to an activating group) is 1. The van der Waals surface area contributed by atoms with Gasteiger partial charge in [-0.1, -0.05) is 27.7 Å². The number of esters is 1. The molecule has 0 aliphatic carbocycles. The van der Waals surface area contributed by atoms with Gasteiger partial charge in [0, 0.05) is 38.3 Å². The molecule has 0 aromatic heterocycles. The zero-order valence-corrected chi connectivity index (χ0v) is 15.9. The van der Waals surface area contributed by atoms with Crippen molar-refractivity contribution in [3.05, 3.63) is 0 Å². The van der Waals surface area contributed by atoms with E-state index in [1.54, 1.807) is 7.05 Å². The Kier molecular flexibility index (Phi) is 8.06. The molecule has 7 heteroatoms. The van der Waals surface area contributed by atoms with Crippen LogP contribution in [0.2, 0.25) is 0 Å². The summed E-state index contributed by atoms with van der Waals surface area (Å²) < 4.78 is 5.10. The molecule has 0 bridgehead atoms. The maximum atomic E-state index is 12.2. The molecule has 0 saturated carbocycles. The van der Waals surface area contributed by atoms with Crippen LogP contribution in [-0.4, -0.2) is 60.2 Å². The molecule has 7 nitrogen and oxygen atoms in total. The molecule has 25 heavy (non-hydrogen) atoms. The highest BCUT2D eigenvalue weighted by Gasteiger charge is 2.39. The van der Waals surface area contributed by atoms with Crippen molar-refractivity contribution in [1.82, 2.24) is 9.80 Å². The number of carbonyl (C=O) groups excluding carboxylic acids is 4. The van der Waals surface area contributed by atoms with Gasteiger partial charge in [0.15, 0.2) is 0 Å². The summed E-state index contributed by atoms with van der Waals surface area (Å²) in [4.78, 5) is 50.2. The monoisotopic (exact) mass is 354 g/mol. The first-order chi connectivity index (χ1) is 11.6. The van der Waals surface area contributed by atoms with Gasteiger partial charge in [-0.25, -0.2) is 0 Å². The molecule has 0 spiro atoms. The molecule has 0 radical (unpaired) electrons. The molecule has 1 saturated heterocycles. The number of carbonyl (C=O) groups is 4. The van der Waals surface area contributed by atoms with E-state index in [4.69, 9.17) is 4.74 Å². The van der Waals surface area contributed by atoms with Gasteiger partial charge in [0.05, 0.1) is 6.54 Å². The fourth-order valence-electron chi connectivity index (χ4n) is 2.77. The van der Waals surface area contributed by atoms with Crippen LogP contribution >= 0.6 is 0 Å². The zero-order chi connectivity index (χ0) is 19.1. The third-order valence-electron chi connectivity index (χ3n) is 4.41. The SMILES string of the molecule is CC(C)C(=O)N(C)CCOC(=O)CCCN1C(=O)CC(C(C)C)C1=O. The highest BCUT2D eigenvalue weighted by atomic mass is 16.5. The van der Waals surface area contributed by atoms with Crippen LogP contribution in [0.15, 0.2) is 0 Å². The van der Waals surface area contributed by atoms with Gasteiger partial charge in [0.2, 0.25) is 17.7 Å². The Morgan fingerprint density at radius 1 is 1.24 bits per heavy atom. The second kappa shape index (κ2) is 9.53. The van der Waals surface area contributed by atoms with E-state index in [0.29, 0.717) is 13.0 Å². The predicted octanol–water partition coefficient (Wildman–Crippen LogP) is 1.46. The lowest BCUT2D eigenvalue weighted by molar-refractivity contribution is -0.147. The Morgan fingerprint density at radius 3 is 2.40 bits per heavy atom. The first-order valence-electron chi connectivity index (χ1n) is 8.90. The molecule has 3 amide bonds. The van der Waals surface area contributed by atoms with Gasteiger partial charge >= 0.3 is 5.97 Å². The summed E-state index contributed by atoms with van der Waals surface area (Å²) in [6.45, 7) is 8.23. The topological polar surface area (TPSA) is 84.0 Å². The van der Waals surface area contributed by atoms with Crippen LogP contribution in [0.3, 0.4) is 0 Å². The summed E-state index contributed by atoms with van der Waals surface area (Å²) in [6.07, 6.45) is 0.796. The van der Waals surface area contributed by atoms with Gasteiger partial charge < -0.3 is 9.64 Å². The molecule has 142 valence electrons. The van der Waals surface area contributed by atoms with Crippen molar-refractivity contribution in [3.8, 4) is 0 Å². The highest BCUT2D eigenvalue weighted by molar-refractivity contribution is 6.03. The minimum Gasteiger partial charge on any atom is -0.464 e. The maximum Gasteiger partial charge on any atom is 0.305 e. The molecular formula is C18H30N2O5. The number of rotatable bonds is 9. The summed E-state index contributed by atoms with van der Waals surface area (Å²) in [5.41, 5.74) is 0. The van der Waals surface area contributed by atoms with Gasteiger partial charge in [-0.3, -0.25) is 24.1 Å². The van der Waals surface area contributed by atoms with Crippen LogP contribution in [0.4, 0.5) is 0 Å².